The molecule has 0 bridgehead atoms. The topological polar surface area (TPSA) is 227 Å². The predicted octanol–water partition coefficient (Wildman–Crippen LogP) is -1.83. The number of benzene rings is 1. The van der Waals surface area contributed by atoms with Crippen molar-refractivity contribution in [2.24, 2.45) is 0 Å². The second-order valence-corrected chi connectivity index (χ2v) is 9.06. The number of hydrogen-bond acceptors (Lipinski definition) is 11. The third-order valence-electron chi connectivity index (χ3n) is 6.46. The predicted molar refractivity (Wildman–Crippen MR) is 130 cm³/mol. The summed E-state index contributed by atoms with van der Waals surface area (Å²) in [5.74, 6) is -1.17. The van der Waals surface area contributed by atoms with E-state index in [1.54, 1.807) is 18.2 Å². The Morgan fingerprint density at radius 3 is 2.79 bits per heavy atom. The van der Waals surface area contributed by atoms with E-state index >= 15 is 0 Å². The number of nitrogens with one attached hydrogen (secondary N) is 3. The Bertz CT molecular complexity index is 1400. The quantitative estimate of drug-likeness (QED) is 0.173. The average Bonchev–Trinajstić information content (AvgIpc) is 3.55. The van der Waals surface area contributed by atoms with E-state index in [0.29, 0.717) is 34.5 Å². The smallest absolute Gasteiger partial charge is 0.251 e. The normalized spacial score (nSPS) is 23.2. The summed E-state index contributed by atoms with van der Waals surface area (Å²) in [6.07, 6.45) is -4.08. The molecule has 3 aromatic rings. The lowest BCUT2D eigenvalue weighted by atomic mass is 10.1. The van der Waals surface area contributed by atoms with Crippen LogP contribution in [0.15, 0.2) is 30.9 Å². The fraction of sp³-hybridized carbons (Fsp3) is 0.391. The summed E-state index contributed by atoms with van der Waals surface area (Å²) in [7, 11) is 0. The first kappa shape index (κ1) is 25.5. The van der Waals surface area contributed by atoms with Gasteiger partial charge in [-0.15, -0.1) is 0 Å². The average molecular weight is 527 g/mol. The molecule has 2 aliphatic rings. The number of amides is 3. The Hall–Kier alpha value is -4.18. The Kier molecular flexibility index (Phi) is 6.90. The molecule has 1 fully saturated rings. The molecule has 1 aromatic carbocycles. The van der Waals surface area contributed by atoms with E-state index in [0.717, 1.165) is 0 Å². The number of rotatable bonds is 8. The molecule has 0 spiro atoms. The number of imidazole rings is 1. The van der Waals surface area contributed by atoms with Crippen molar-refractivity contribution in [3.8, 4) is 0 Å². The summed E-state index contributed by atoms with van der Waals surface area (Å²) in [5, 5.41) is 39.1. The second-order valence-electron chi connectivity index (χ2n) is 9.06. The highest BCUT2D eigenvalue weighted by Gasteiger charge is 2.44. The van der Waals surface area contributed by atoms with Crippen LogP contribution in [-0.4, -0.2) is 83.5 Å². The van der Waals surface area contributed by atoms with Crippen LogP contribution >= 0.6 is 0 Å². The van der Waals surface area contributed by atoms with Crippen LogP contribution in [0, 0.1) is 0 Å². The maximum atomic E-state index is 12.4. The third-order valence-corrected chi connectivity index (χ3v) is 6.46. The van der Waals surface area contributed by atoms with Gasteiger partial charge in [0.1, 0.15) is 30.2 Å². The first-order chi connectivity index (χ1) is 18.2. The van der Waals surface area contributed by atoms with Crippen molar-refractivity contribution in [3.63, 3.8) is 0 Å². The summed E-state index contributed by atoms with van der Waals surface area (Å²) in [5.41, 5.74) is 8.01. The number of carbonyl (C=O) groups excluding carboxylic acids is 3. The second kappa shape index (κ2) is 10.3. The summed E-state index contributed by atoms with van der Waals surface area (Å²) >= 11 is 0. The molecule has 2 aromatic heterocycles. The Labute approximate surface area is 215 Å². The number of nitrogens with zero attached hydrogens (tertiary/aromatic N) is 4. The monoisotopic (exact) mass is 526 g/mol. The van der Waals surface area contributed by atoms with Gasteiger partial charge in [0.15, 0.2) is 17.7 Å². The molecule has 3 amide bonds. The molecular formula is C23H26N8O7. The number of aliphatic hydroxyl groups is 3. The molecule has 5 rings (SSSR count). The lowest BCUT2D eigenvalue weighted by molar-refractivity contribution is -0.125. The van der Waals surface area contributed by atoms with Crippen LogP contribution in [0.2, 0.25) is 0 Å². The van der Waals surface area contributed by atoms with Gasteiger partial charge in [-0.2, -0.15) is 0 Å². The van der Waals surface area contributed by atoms with Gasteiger partial charge in [-0.05, 0) is 12.1 Å². The third kappa shape index (κ3) is 4.87. The Balaban J connectivity index is 1.12. The van der Waals surface area contributed by atoms with Gasteiger partial charge in [0.2, 0.25) is 11.8 Å². The molecule has 1 saturated heterocycles. The summed E-state index contributed by atoms with van der Waals surface area (Å²) < 4.78 is 7.18. The minimum Gasteiger partial charge on any atom is -0.392 e. The van der Waals surface area contributed by atoms with E-state index in [4.69, 9.17) is 10.5 Å². The van der Waals surface area contributed by atoms with E-state index < -0.39 is 42.5 Å². The summed E-state index contributed by atoms with van der Waals surface area (Å²) in [6, 6.07) is 4.95. The van der Waals surface area contributed by atoms with Gasteiger partial charge in [-0.3, -0.25) is 19.0 Å². The summed E-state index contributed by atoms with van der Waals surface area (Å²) in [4.78, 5) is 48.6. The molecule has 15 heteroatoms. The lowest BCUT2D eigenvalue weighted by Crippen LogP contribution is -2.40. The van der Waals surface area contributed by atoms with Gasteiger partial charge in [0.25, 0.3) is 5.91 Å². The number of anilines is 2. The van der Waals surface area contributed by atoms with Gasteiger partial charge in [-0.1, -0.05) is 6.07 Å². The molecule has 0 aliphatic carbocycles. The Morgan fingerprint density at radius 1 is 1.18 bits per heavy atom. The van der Waals surface area contributed by atoms with Crippen LogP contribution in [0.3, 0.4) is 0 Å². The van der Waals surface area contributed by atoms with Gasteiger partial charge >= 0.3 is 0 Å². The van der Waals surface area contributed by atoms with E-state index in [1.165, 1.54) is 17.2 Å². The van der Waals surface area contributed by atoms with E-state index in [-0.39, 0.29) is 31.1 Å². The van der Waals surface area contributed by atoms with Crippen molar-refractivity contribution < 1.29 is 34.4 Å². The first-order valence-corrected chi connectivity index (χ1v) is 11.8. The fourth-order valence-electron chi connectivity index (χ4n) is 4.54. The zero-order chi connectivity index (χ0) is 27.0. The van der Waals surface area contributed by atoms with Crippen LogP contribution < -0.4 is 21.7 Å². The Morgan fingerprint density at radius 2 is 1.97 bits per heavy atom. The molecule has 0 saturated carbocycles. The molecule has 4 heterocycles. The van der Waals surface area contributed by atoms with E-state index in [2.05, 4.69) is 30.9 Å². The number of aromatic nitrogens is 4. The molecule has 0 radical (unpaired) electrons. The molecule has 200 valence electrons. The van der Waals surface area contributed by atoms with Crippen LogP contribution in [0.1, 0.15) is 35.0 Å². The highest BCUT2D eigenvalue weighted by atomic mass is 16.6. The molecule has 8 N–H and O–H groups in total. The first-order valence-electron chi connectivity index (χ1n) is 11.8. The van der Waals surface area contributed by atoms with Crippen LogP contribution in [0.4, 0.5) is 11.5 Å². The van der Waals surface area contributed by atoms with Gasteiger partial charge < -0.3 is 41.7 Å². The number of nitrogen functional groups attached to an aromatic ring is 1. The highest BCUT2D eigenvalue weighted by molar-refractivity contribution is 6.02. The molecule has 5 unspecified atom stereocenters. The van der Waals surface area contributed by atoms with Gasteiger partial charge in [0.05, 0.1) is 25.3 Å². The van der Waals surface area contributed by atoms with Gasteiger partial charge in [-0.25, -0.2) is 15.0 Å². The minimum absolute atomic E-state index is 0.151. The number of hydrogen-bond donors (Lipinski definition) is 7. The van der Waals surface area contributed by atoms with E-state index in [1.807, 2.05) is 0 Å². The maximum Gasteiger partial charge on any atom is 0.251 e. The van der Waals surface area contributed by atoms with Crippen molar-refractivity contribution in [1.29, 1.82) is 0 Å². The number of fused-ring (bicyclic) bond motifs is 2. The standard InChI is InChI=1S/C23H26N8O7/c24-20-17-21(28-8-27-20)31(9-29-17)23-19(36)18(35)14(38-23)7-25-15(33)4-10(32)5-16(34)30-13-3-1-2-11-12(13)6-26-22(11)37/h1-3,8-10,14,18-19,23,32,35-36H,4-7H2,(H,25,33)(H,26,37)(H,30,34)(H2,24,27,28). The SMILES string of the molecule is Nc1ncnc2c1ncn2C1OC(CNC(=O)CC(O)CC(=O)Nc2cccc3c2CNC3=O)C(O)C1O. The molecule has 5 atom stereocenters. The number of nitrogens with two attached hydrogens (primary N) is 1. The zero-order valence-electron chi connectivity index (χ0n) is 19.9. The van der Waals surface area contributed by atoms with Gasteiger partial charge in [0, 0.05) is 29.9 Å². The van der Waals surface area contributed by atoms with Crippen molar-refractivity contribution in [2.45, 2.75) is 50.0 Å². The number of ether oxygens (including phenoxy) is 1. The van der Waals surface area contributed by atoms with Crippen LogP contribution in [0.25, 0.3) is 11.2 Å². The van der Waals surface area contributed by atoms with Crippen molar-refractivity contribution >= 4 is 40.4 Å². The van der Waals surface area contributed by atoms with Crippen molar-refractivity contribution in [2.75, 3.05) is 17.6 Å². The fourth-order valence-corrected chi connectivity index (χ4v) is 4.54. The molecule has 2 aliphatic heterocycles. The van der Waals surface area contributed by atoms with Crippen LogP contribution in [0.5, 0.6) is 0 Å². The molecule has 15 nitrogen and oxygen atoms in total. The van der Waals surface area contributed by atoms with Crippen molar-refractivity contribution in [1.82, 2.24) is 30.2 Å². The van der Waals surface area contributed by atoms with Crippen LogP contribution in [-0.2, 0) is 20.9 Å². The van der Waals surface area contributed by atoms with E-state index in [9.17, 15) is 29.7 Å². The number of carbonyl (C=O) groups is 3. The maximum absolute atomic E-state index is 12.4. The largest absolute Gasteiger partial charge is 0.392 e. The zero-order valence-corrected chi connectivity index (χ0v) is 19.9. The summed E-state index contributed by atoms with van der Waals surface area (Å²) in [6.45, 7) is 0.131. The highest BCUT2D eigenvalue weighted by Crippen LogP contribution is 2.31. The molecule has 38 heavy (non-hydrogen) atoms. The lowest BCUT2D eigenvalue weighted by Gasteiger charge is -2.17. The molecular weight excluding hydrogens is 500 g/mol. The minimum atomic E-state index is -1.34. The van der Waals surface area contributed by atoms with Crippen molar-refractivity contribution in [3.05, 3.63) is 42.0 Å². The number of aliphatic hydroxyl groups excluding tert-OH is 3.